The molecular weight excluding hydrogens is 318 g/mol. The molecule has 20 heavy (non-hydrogen) atoms. The van der Waals surface area contributed by atoms with Gasteiger partial charge in [-0.1, -0.05) is 30.3 Å². The monoisotopic (exact) mass is 335 g/mol. The van der Waals surface area contributed by atoms with E-state index in [2.05, 4.69) is 15.9 Å². The van der Waals surface area contributed by atoms with E-state index in [0.29, 0.717) is 13.2 Å². The number of para-hydroxylation sites is 2. The van der Waals surface area contributed by atoms with E-state index < -0.39 is 0 Å². The maximum Gasteiger partial charge on any atom is 0.137 e. The van der Waals surface area contributed by atoms with E-state index in [4.69, 9.17) is 15.2 Å². The molecule has 0 spiro atoms. The third kappa shape index (κ3) is 3.52. The van der Waals surface area contributed by atoms with Crippen LogP contribution in [0.15, 0.2) is 46.9 Å². The van der Waals surface area contributed by atoms with Crippen molar-refractivity contribution in [2.24, 2.45) is 5.73 Å². The number of nitrogens with two attached hydrogens (primary N) is 1. The Morgan fingerprint density at radius 1 is 1.05 bits per heavy atom. The zero-order chi connectivity index (χ0) is 14.4. The van der Waals surface area contributed by atoms with Crippen molar-refractivity contribution in [3.63, 3.8) is 0 Å². The topological polar surface area (TPSA) is 44.5 Å². The van der Waals surface area contributed by atoms with Crippen molar-refractivity contribution < 1.29 is 9.47 Å². The third-order valence-corrected chi connectivity index (χ3v) is 3.65. The normalized spacial score (nSPS) is 10.3. The van der Waals surface area contributed by atoms with Gasteiger partial charge in [0.05, 0.1) is 11.6 Å². The number of rotatable bonds is 6. The summed E-state index contributed by atoms with van der Waals surface area (Å²) in [4.78, 5) is 0. The molecule has 0 saturated carbocycles. The van der Waals surface area contributed by atoms with E-state index in [1.165, 1.54) is 0 Å². The maximum absolute atomic E-state index is 5.97. The van der Waals surface area contributed by atoms with Crippen molar-refractivity contribution in [2.45, 2.75) is 13.0 Å². The zero-order valence-electron chi connectivity index (χ0n) is 11.4. The van der Waals surface area contributed by atoms with Crippen molar-refractivity contribution >= 4 is 15.9 Å². The van der Waals surface area contributed by atoms with Gasteiger partial charge in [0.25, 0.3) is 0 Å². The second-order valence-electron chi connectivity index (χ2n) is 4.37. The van der Waals surface area contributed by atoms with Gasteiger partial charge in [0.2, 0.25) is 0 Å². The Labute approximate surface area is 127 Å². The molecule has 2 rings (SSSR count). The number of ether oxygens (including phenoxy) is 2. The molecule has 2 aromatic rings. The largest absolute Gasteiger partial charge is 0.496 e. The number of benzene rings is 2. The van der Waals surface area contributed by atoms with Crippen molar-refractivity contribution in [2.75, 3.05) is 13.7 Å². The molecule has 2 N–H and O–H groups in total. The minimum Gasteiger partial charge on any atom is -0.496 e. The molecule has 4 heteroatoms. The van der Waals surface area contributed by atoms with Crippen LogP contribution in [-0.2, 0) is 13.0 Å². The van der Waals surface area contributed by atoms with Crippen molar-refractivity contribution in [1.29, 1.82) is 0 Å². The van der Waals surface area contributed by atoms with Crippen LogP contribution in [0.3, 0.4) is 0 Å². The highest BCUT2D eigenvalue weighted by Crippen LogP contribution is 2.31. The summed E-state index contributed by atoms with van der Waals surface area (Å²) in [6, 6.07) is 13.8. The van der Waals surface area contributed by atoms with Crippen molar-refractivity contribution in [1.82, 2.24) is 0 Å². The fourth-order valence-electron chi connectivity index (χ4n) is 2.04. The van der Waals surface area contributed by atoms with E-state index in [1.807, 2.05) is 42.5 Å². The molecule has 3 nitrogen and oxygen atoms in total. The molecule has 0 heterocycles. The van der Waals surface area contributed by atoms with Crippen LogP contribution < -0.4 is 15.2 Å². The average Bonchev–Trinajstić information content (AvgIpc) is 2.47. The van der Waals surface area contributed by atoms with Crippen molar-refractivity contribution in [3.05, 3.63) is 58.1 Å². The molecule has 0 aliphatic carbocycles. The maximum atomic E-state index is 5.97. The lowest BCUT2D eigenvalue weighted by molar-refractivity contribution is 0.292. The van der Waals surface area contributed by atoms with Crippen LogP contribution in [0.4, 0.5) is 0 Å². The first-order chi connectivity index (χ1) is 9.76. The van der Waals surface area contributed by atoms with Crippen LogP contribution in [-0.4, -0.2) is 13.7 Å². The van der Waals surface area contributed by atoms with Gasteiger partial charge in [-0.3, -0.25) is 0 Å². The molecule has 0 amide bonds. The molecule has 0 aliphatic heterocycles. The minimum atomic E-state index is 0.462. The lowest BCUT2D eigenvalue weighted by atomic mass is 10.1. The van der Waals surface area contributed by atoms with Gasteiger partial charge >= 0.3 is 0 Å². The standard InChI is InChI=1S/C16H18BrNO2/c1-19-15-8-3-2-5-13(15)11-20-16-12(9-10-18)6-4-7-14(16)17/h2-8H,9-11,18H2,1H3. The zero-order valence-corrected chi connectivity index (χ0v) is 13.0. The van der Waals surface area contributed by atoms with Gasteiger partial charge in [-0.05, 0) is 46.6 Å². The van der Waals surface area contributed by atoms with E-state index in [-0.39, 0.29) is 0 Å². The Kier molecular flexibility index (Phi) is 5.44. The quantitative estimate of drug-likeness (QED) is 0.878. The highest BCUT2D eigenvalue weighted by Gasteiger charge is 2.09. The van der Waals surface area contributed by atoms with Gasteiger partial charge in [-0.25, -0.2) is 0 Å². The molecule has 0 aliphatic rings. The fraction of sp³-hybridized carbons (Fsp3) is 0.250. The van der Waals surface area contributed by atoms with Gasteiger partial charge in [0.15, 0.2) is 0 Å². The first-order valence-corrected chi connectivity index (χ1v) is 7.27. The Morgan fingerprint density at radius 3 is 2.55 bits per heavy atom. The smallest absolute Gasteiger partial charge is 0.137 e. The molecule has 0 aromatic heterocycles. The first-order valence-electron chi connectivity index (χ1n) is 6.48. The molecule has 106 valence electrons. The van der Waals surface area contributed by atoms with Crippen molar-refractivity contribution in [3.8, 4) is 11.5 Å². The summed E-state index contributed by atoms with van der Waals surface area (Å²) in [5, 5.41) is 0. The SMILES string of the molecule is COc1ccccc1COc1c(Br)cccc1CCN. The molecule has 0 fully saturated rings. The highest BCUT2D eigenvalue weighted by molar-refractivity contribution is 9.10. The Morgan fingerprint density at radius 2 is 1.80 bits per heavy atom. The Bertz CT molecular complexity index is 572. The number of hydrogen-bond donors (Lipinski definition) is 1. The Balaban J connectivity index is 2.18. The van der Waals surface area contributed by atoms with Crippen LogP contribution >= 0.6 is 15.9 Å². The van der Waals surface area contributed by atoms with Gasteiger partial charge < -0.3 is 15.2 Å². The van der Waals surface area contributed by atoms with Crippen LogP contribution in [0.1, 0.15) is 11.1 Å². The number of hydrogen-bond acceptors (Lipinski definition) is 3. The summed E-state index contributed by atoms with van der Waals surface area (Å²) in [6.07, 6.45) is 0.792. The second-order valence-corrected chi connectivity index (χ2v) is 5.22. The van der Waals surface area contributed by atoms with E-state index in [0.717, 1.165) is 33.5 Å². The minimum absolute atomic E-state index is 0.462. The second kappa shape index (κ2) is 7.31. The average molecular weight is 336 g/mol. The summed E-state index contributed by atoms with van der Waals surface area (Å²) in [5.74, 6) is 1.68. The molecule has 0 atom stereocenters. The summed E-state index contributed by atoms with van der Waals surface area (Å²) in [5.41, 5.74) is 7.77. The van der Waals surface area contributed by atoms with Gasteiger partial charge in [0, 0.05) is 5.56 Å². The first kappa shape index (κ1) is 14.9. The molecule has 0 radical (unpaired) electrons. The fourth-order valence-corrected chi connectivity index (χ4v) is 2.56. The predicted octanol–water partition coefficient (Wildman–Crippen LogP) is 3.54. The van der Waals surface area contributed by atoms with Crippen LogP contribution in [0.2, 0.25) is 0 Å². The van der Waals surface area contributed by atoms with Crippen LogP contribution in [0, 0.1) is 0 Å². The van der Waals surface area contributed by atoms with E-state index in [1.54, 1.807) is 7.11 Å². The molecule has 2 aromatic carbocycles. The summed E-state index contributed by atoms with van der Waals surface area (Å²) < 4.78 is 12.2. The lowest BCUT2D eigenvalue weighted by Gasteiger charge is -2.14. The van der Waals surface area contributed by atoms with Crippen LogP contribution in [0.5, 0.6) is 11.5 Å². The van der Waals surface area contributed by atoms with E-state index >= 15 is 0 Å². The highest BCUT2D eigenvalue weighted by atomic mass is 79.9. The van der Waals surface area contributed by atoms with Gasteiger partial charge in [-0.2, -0.15) is 0 Å². The molecule has 0 bridgehead atoms. The summed E-state index contributed by atoms with van der Waals surface area (Å²) in [6.45, 7) is 1.06. The number of halogens is 1. The summed E-state index contributed by atoms with van der Waals surface area (Å²) >= 11 is 3.53. The molecular formula is C16H18BrNO2. The molecule has 0 saturated heterocycles. The van der Waals surface area contributed by atoms with Gasteiger partial charge in [0.1, 0.15) is 18.1 Å². The summed E-state index contributed by atoms with van der Waals surface area (Å²) in [7, 11) is 1.66. The van der Waals surface area contributed by atoms with E-state index in [9.17, 15) is 0 Å². The molecule has 0 unspecified atom stereocenters. The number of methoxy groups -OCH3 is 1. The lowest BCUT2D eigenvalue weighted by Crippen LogP contribution is -2.06. The third-order valence-electron chi connectivity index (χ3n) is 3.03. The van der Waals surface area contributed by atoms with Gasteiger partial charge in [-0.15, -0.1) is 0 Å². The predicted molar refractivity (Wildman–Crippen MR) is 84.2 cm³/mol. The van der Waals surface area contributed by atoms with Crippen LogP contribution in [0.25, 0.3) is 0 Å². The Hall–Kier alpha value is -1.52.